The van der Waals surface area contributed by atoms with Gasteiger partial charge in [0.15, 0.2) is 9.84 Å². The van der Waals surface area contributed by atoms with Crippen molar-refractivity contribution < 1.29 is 21.6 Å². The predicted molar refractivity (Wildman–Crippen MR) is 133 cm³/mol. The van der Waals surface area contributed by atoms with E-state index in [2.05, 4.69) is 9.97 Å². The van der Waals surface area contributed by atoms with E-state index < -0.39 is 21.6 Å². The van der Waals surface area contributed by atoms with Gasteiger partial charge in [-0.2, -0.15) is 13.2 Å². The normalized spacial score (nSPS) is 14.6. The van der Waals surface area contributed by atoms with Gasteiger partial charge in [0.25, 0.3) is 0 Å². The van der Waals surface area contributed by atoms with E-state index in [1.807, 2.05) is 24.3 Å². The summed E-state index contributed by atoms with van der Waals surface area (Å²) in [6, 6.07) is 11.9. The van der Waals surface area contributed by atoms with E-state index in [9.17, 15) is 21.6 Å². The van der Waals surface area contributed by atoms with E-state index >= 15 is 0 Å². The highest BCUT2D eigenvalue weighted by Crippen LogP contribution is 2.42. The van der Waals surface area contributed by atoms with Gasteiger partial charge in [-0.25, -0.2) is 13.4 Å². The molecule has 0 saturated heterocycles. The highest BCUT2D eigenvalue weighted by atomic mass is 32.2. The Morgan fingerprint density at radius 3 is 2.33 bits per heavy atom. The van der Waals surface area contributed by atoms with Crippen LogP contribution in [0.25, 0.3) is 33.9 Å². The first-order valence-corrected chi connectivity index (χ1v) is 13.6. The lowest BCUT2D eigenvalue weighted by Gasteiger charge is -2.19. The van der Waals surface area contributed by atoms with Gasteiger partial charge in [-0.05, 0) is 61.9 Å². The average molecular weight is 514 g/mol. The van der Waals surface area contributed by atoms with E-state index in [1.165, 1.54) is 16.3 Å². The minimum absolute atomic E-state index is 0.0432. The zero-order chi connectivity index (χ0) is 25.8. The smallest absolute Gasteiger partial charge is 0.343 e. The third-order valence-electron chi connectivity index (χ3n) is 6.62. The summed E-state index contributed by atoms with van der Waals surface area (Å²) in [6.45, 7) is 5.12. The maximum atomic E-state index is 13.5. The molecule has 0 amide bonds. The molecule has 188 valence electrons. The summed E-state index contributed by atoms with van der Waals surface area (Å²) in [5.74, 6) is 0.421. The topological polar surface area (TPSA) is 64.8 Å². The molecule has 0 unspecified atom stereocenters. The summed E-state index contributed by atoms with van der Waals surface area (Å²) in [5.41, 5.74) is 2.64. The first kappa shape index (κ1) is 24.5. The summed E-state index contributed by atoms with van der Waals surface area (Å²) >= 11 is 0. The molecule has 2 aromatic rings. The van der Waals surface area contributed by atoms with Crippen LogP contribution in [0.1, 0.15) is 56.7 Å². The molecule has 0 atom stereocenters. The summed E-state index contributed by atoms with van der Waals surface area (Å²) in [5, 5.41) is 0. The molecule has 1 aliphatic carbocycles. The first-order chi connectivity index (χ1) is 17.0. The van der Waals surface area contributed by atoms with Crippen LogP contribution < -0.4 is 0 Å². The van der Waals surface area contributed by atoms with Gasteiger partial charge in [0.2, 0.25) is 0 Å². The van der Waals surface area contributed by atoms with Gasteiger partial charge in [-0.1, -0.05) is 31.2 Å². The second kappa shape index (κ2) is 8.73. The van der Waals surface area contributed by atoms with Crippen molar-refractivity contribution in [1.82, 2.24) is 14.5 Å². The molecule has 1 aromatic heterocycles. The number of nitrogens with zero attached hydrogens (tertiary/aromatic N) is 3. The minimum Gasteiger partial charge on any atom is -0.343 e. The maximum absolute atomic E-state index is 13.5. The molecule has 36 heavy (non-hydrogen) atoms. The molecule has 1 fully saturated rings. The minimum atomic E-state index is -4.54. The summed E-state index contributed by atoms with van der Waals surface area (Å²) in [6.07, 6.45) is 0.373. The number of alkyl halides is 3. The lowest BCUT2D eigenvalue weighted by atomic mass is 10.0. The largest absolute Gasteiger partial charge is 0.417 e. The van der Waals surface area contributed by atoms with Gasteiger partial charge < -0.3 is 4.57 Å². The summed E-state index contributed by atoms with van der Waals surface area (Å²) < 4.78 is 68.8. The van der Waals surface area contributed by atoms with E-state index in [0.717, 1.165) is 30.7 Å². The lowest BCUT2D eigenvalue weighted by Crippen LogP contribution is -2.12. The van der Waals surface area contributed by atoms with Crippen molar-refractivity contribution in [3.05, 3.63) is 66.0 Å². The molecular weight excluding hydrogens is 487 g/mol. The predicted octanol–water partition coefficient (Wildman–Crippen LogP) is 6.99. The standard InChI is InChI=1S/C27H26F3N3O2S/c1-4-36(34,35)26-21(19-9-7-18(8-10-19)17-5-6-17)11-12-31-25(26)23-14-24-22(32-23)13-20(27(28,29)30)15-33(24)16(2)3/h7-17H,4-6H2,1-3H3. The number of benzene rings is 1. The van der Waals surface area contributed by atoms with Crippen molar-refractivity contribution in [3.8, 4) is 33.9 Å². The molecule has 0 N–H and O–H groups in total. The Morgan fingerprint density at radius 1 is 1.06 bits per heavy atom. The van der Waals surface area contributed by atoms with Crippen molar-refractivity contribution in [1.29, 1.82) is 0 Å². The van der Waals surface area contributed by atoms with Crippen LogP contribution >= 0.6 is 0 Å². The Labute approximate surface area is 208 Å². The third-order valence-corrected chi connectivity index (χ3v) is 8.41. The molecule has 0 bridgehead atoms. The molecule has 0 radical (unpaired) electrons. The fourth-order valence-electron chi connectivity index (χ4n) is 4.51. The van der Waals surface area contributed by atoms with E-state index in [4.69, 9.17) is 0 Å². The van der Waals surface area contributed by atoms with Crippen LogP contribution in [0.3, 0.4) is 0 Å². The summed E-state index contributed by atoms with van der Waals surface area (Å²) in [4.78, 5) is 8.86. The van der Waals surface area contributed by atoms with Crippen LogP contribution in [0.4, 0.5) is 13.2 Å². The van der Waals surface area contributed by atoms with Gasteiger partial charge >= 0.3 is 6.18 Å². The fraction of sp³-hybridized carbons (Fsp3) is 0.333. The second-order valence-corrected chi connectivity index (χ2v) is 11.7. The zero-order valence-corrected chi connectivity index (χ0v) is 21.0. The van der Waals surface area contributed by atoms with Crippen LogP contribution in [0.15, 0.2) is 59.8 Å². The maximum Gasteiger partial charge on any atom is 0.417 e. The molecule has 1 saturated carbocycles. The van der Waals surface area contributed by atoms with Crippen molar-refractivity contribution in [2.45, 2.75) is 56.6 Å². The third kappa shape index (κ3) is 4.40. The van der Waals surface area contributed by atoms with E-state index in [-0.39, 0.29) is 33.8 Å². The molecule has 5 nitrogen and oxygen atoms in total. The Balaban J connectivity index is 1.73. The number of sulfone groups is 1. The lowest BCUT2D eigenvalue weighted by molar-refractivity contribution is -0.138. The molecular formula is C27H26F3N3O2S. The van der Waals surface area contributed by atoms with Crippen LogP contribution in [-0.2, 0) is 16.0 Å². The van der Waals surface area contributed by atoms with Crippen molar-refractivity contribution in [2.24, 2.45) is 0 Å². The van der Waals surface area contributed by atoms with Gasteiger partial charge in [-0.3, -0.25) is 4.98 Å². The Morgan fingerprint density at radius 2 is 1.75 bits per heavy atom. The van der Waals surface area contributed by atoms with Gasteiger partial charge in [0, 0.05) is 24.0 Å². The monoisotopic (exact) mass is 513 g/mol. The van der Waals surface area contributed by atoms with Crippen LogP contribution in [0.5, 0.6) is 0 Å². The van der Waals surface area contributed by atoms with Crippen LogP contribution in [-0.4, -0.2) is 28.7 Å². The Kier molecular flexibility index (Phi) is 5.94. The van der Waals surface area contributed by atoms with Crippen molar-refractivity contribution in [2.75, 3.05) is 5.75 Å². The van der Waals surface area contributed by atoms with Crippen molar-refractivity contribution >= 4 is 9.84 Å². The van der Waals surface area contributed by atoms with Gasteiger partial charge in [0.1, 0.15) is 10.6 Å². The molecule has 5 rings (SSSR count). The molecule has 3 heterocycles. The summed E-state index contributed by atoms with van der Waals surface area (Å²) in [7, 11) is -3.75. The van der Waals surface area contributed by atoms with Gasteiger partial charge in [0.05, 0.1) is 28.4 Å². The Hall–Kier alpha value is -3.20. The van der Waals surface area contributed by atoms with E-state index in [0.29, 0.717) is 17.2 Å². The zero-order valence-electron chi connectivity index (χ0n) is 20.2. The number of pyridine rings is 2. The number of halogens is 3. The number of rotatable bonds is 6. The SMILES string of the molecule is CCS(=O)(=O)c1c(-c2ccc(C3CC3)cc2)ccnc1-c1cc2n(C(C)C)cc(C(F)(F)F)cc-2n1. The molecule has 0 spiro atoms. The molecule has 2 aliphatic heterocycles. The number of hydrogen-bond acceptors (Lipinski definition) is 4. The second-order valence-electron chi connectivity index (χ2n) is 9.48. The quantitative estimate of drug-likeness (QED) is 0.279. The molecule has 3 aliphatic rings. The van der Waals surface area contributed by atoms with Crippen LogP contribution in [0, 0.1) is 0 Å². The van der Waals surface area contributed by atoms with Gasteiger partial charge in [-0.15, -0.1) is 0 Å². The Bertz CT molecular complexity index is 1500. The fourth-order valence-corrected chi connectivity index (χ4v) is 5.77. The number of hydrogen-bond donors (Lipinski definition) is 0. The first-order valence-electron chi connectivity index (χ1n) is 11.9. The highest BCUT2D eigenvalue weighted by Gasteiger charge is 2.34. The average Bonchev–Trinajstić information content (AvgIpc) is 3.60. The molecule has 9 heteroatoms. The highest BCUT2D eigenvalue weighted by molar-refractivity contribution is 7.91. The number of aromatic nitrogens is 3. The number of fused-ring (bicyclic) bond motifs is 1. The van der Waals surface area contributed by atoms with Crippen LogP contribution in [0.2, 0.25) is 0 Å². The van der Waals surface area contributed by atoms with Crippen molar-refractivity contribution in [3.63, 3.8) is 0 Å². The van der Waals surface area contributed by atoms with E-state index in [1.54, 1.807) is 32.9 Å². The molecule has 1 aromatic carbocycles.